The molecule has 18 heavy (non-hydrogen) atoms. The Morgan fingerprint density at radius 3 is 2.17 bits per heavy atom. The average Bonchev–Trinajstić information content (AvgIpc) is 2.20. The number of nitrogens with two attached hydrogens (primary N) is 1. The standard InChI is InChI=1S/C13H27N3O2/c1-9(2)16-11(17)8-15-12(18)10(7-14)6-13(3,4)5/h9-10H,6-8,14H2,1-5H3,(H,15,18)(H,16,17). The predicted octanol–water partition coefficient (Wildman–Crippen LogP) is 0.638. The van der Waals surface area contributed by atoms with Gasteiger partial charge < -0.3 is 16.4 Å². The molecule has 5 nitrogen and oxygen atoms in total. The van der Waals surface area contributed by atoms with Gasteiger partial charge in [-0.15, -0.1) is 0 Å². The quantitative estimate of drug-likeness (QED) is 0.653. The SMILES string of the molecule is CC(C)NC(=O)CNC(=O)C(CN)CC(C)(C)C. The highest BCUT2D eigenvalue weighted by Crippen LogP contribution is 2.23. The first-order valence-corrected chi connectivity index (χ1v) is 6.43. The molecule has 0 spiro atoms. The van der Waals surface area contributed by atoms with Crippen LogP contribution in [-0.4, -0.2) is 30.9 Å². The van der Waals surface area contributed by atoms with Crippen LogP contribution in [0.25, 0.3) is 0 Å². The minimum atomic E-state index is -0.239. The number of carbonyl (C=O) groups is 2. The third kappa shape index (κ3) is 8.06. The summed E-state index contributed by atoms with van der Waals surface area (Å²) in [4.78, 5) is 23.3. The maximum atomic E-state index is 11.9. The summed E-state index contributed by atoms with van der Waals surface area (Å²) in [7, 11) is 0. The van der Waals surface area contributed by atoms with Gasteiger partial charge >= 0.3 is 0 Å². The maximum Gasteiger partial charge on any atom is 0.239 e. The van der Waals surface area contributed by atoms with Crippen LogP contribution in [0.3, 0.4) is 0 Å². The smallest absolute Gasteiger partial charge is 0.239 e. The van der Waals surface area contributed by atoms with Crippen LogP contribution in [0.4, 0.5) is 0 Å². The number of nitrogens with one attached hydrogen (secondary N) is 2. The molecule has 0 aromatic heterocycles. The Morgan fingerprint density at radius 1 is 1.22 bits per heavy atom. The lowest BCUT2D eigenvalue weighted by Crippen LogP contribution is -2.43. The zero-order valence-corrected chi connectivity index (χ0v) is 12.2. The highest BCUT2D eigenvalue weighted by atomic mass is 16.2. The Balaban J connectivity index is 4.17. The lowest BCUT2D eigenvalue weighted by atomic mass is 9.84. The Kier molecular flexibility index (Phi) is 6.91. The van der Waals surface area contributed by atoms with Gasteiger partial charge in [0.1, 0.15) is 0 Å². The van der Waals surface area contributed by atoms with Gasteiger partial charge in [-0.1, -0.05) is 20.8 Å². The van der Waals surface area contributed by atoms with Crippen molar-refractivity contribution in [1.29, 1.82) is 0 Å². The van der Waals surface area contributed by atoms with Crippen molar-refractivity contribution in [3.63, 3.8) is 0 Å². The molecule has 0 saturated heterocycles. The summed E-state index contributed by atoms with van der Waals surface area (Å²) in [6.45, 7) is 10.3. The van der Waals surface area contributed by atoms with E-state index in [9.17, 15) is 9.59 Å². The Morgan fingerprint density at radius 2 is 1.78 bits per heavy atom. The van der Waals surface area contributed by atoms with Gasteiger partial charge in [0, 0.05) is 12.6 Å². The molecule has 1 atom stereocenters. The molecule has 0 radical (unpaired) electrons. The highest BCUT2D eigenvalue weighted by Gasteiger charge is 2.23. The molecule has 0 rings (SSSR count). The number of hydrogen-bond donors (Lipinski definition) is 3. The summed E-state index contributed by atoms with van der Waals surface area (Å²) in [5.41, 5.74) is 5.65. The Hall–Kier alpha value is -1.10. The van der Waals surface area contributed by atoms with Crippen molar-refractivity contribution in [3.8, 4) is 0 Å². The fraction of sp³-hybridized carbons (Fsp3) is 0.846. The van der Waals surface area contributed by atoms with Gasteiger partial charge in [0.05, 0.1) is 12.5 Å². The number of rotatable bonds is 6. The van der Waals surface area contributed by atoms with Gasteiger partial charge in [-0.05, 0) is 25.7 Å². The lowest BCUT2D eigenvalue weighted by Gasteiger charge is -2.24. The number of hydrogen-bond acceptors (Lipinski definition) is 3. The third-order valence-electron chi connectivity index (χ3n) is 2.39. The van der Waals surface area contributed by atoms with Gasteiger partial charge in [-0.2, -0.15) is 0 Å². The van der Waals surface area contributed by atoms with E-state index in [-0.39, 0.29) is 35.7 Å². The molecular formula is C13H27N3O2. The fourth-order valence-electron chi connectivity index (χ4n) is 1.71. The summed E-state index contributed by atoms with van der Waals surface area (Å²) in [6.07, 6.45) is 0.709. The molecule has 0 fully saturated rings. The van der Waals surface area contributed by atoms with Gasteiger partial charge in [0.25, 0.3) is 0 Å². The molecule has 2 amide bonds. The van der Waals surface area contributed by atoms with E-state index >= 15 is 0 Å². The molecule has 5 heteroatoms. The van der Waals surface area contributed by atoms with Gasteiger partial charge in [-0.3, -0.25) is 9.59 Å². The molecule has 0 bridgehead atoms. The molecule has 0 heterocycles. The molecule has 1 unspecified atom stereocenters. The van der Waals surface area contributed by atoms with Crippen molar-refractivity contribution >= 4 is 11.8 Å². The summed E-state index contributed by atoms with van der Waals surface area (Å²) in [5.74, 6) is -0.562. The van der Waals surface area contributed by atoms with Crippen LogP contribution >= 0.6 is 0 Å². The van der Waals surface area contributed by atoms with E-state index in [4.69, 9.17) is 5.73 Å². The third-order valence-corrected chi connectivity index (χ3v) is 2.39. The van der Waals surface area contributed by atoms with Crippen LogP contribution in [0, 0.1) is 11.3 Å². The van der Waals surface area contributed by atoms with E-state index in [2.05, 4.69) is 31.4 Å². The van der Waals surface area contributed by atoms with Crippen molar-refractivity contribution < 1.29 is 9.59 Å². The Labute approximate surface area is 110 Å². The predicted molar refractivity (Wildman–Crippen MR) is 72.9 cm³/mol. The number of carbonyl (C=O) groups excluding carboxylic acids is 2. The first-order valence-electron chi connectivity index (χ1n) is 6.43. The first kappa shape index (κ1) is 16.9. The molecular weight excluding hydrogens is 230 g/mol. The first-order chi connectivity index (χ1) is 8.15. The average molecular weight is 257 g/mol. The summed E-state index contributed by atoms with van der Waals surface area (Å²) < 4.78 is 0. The summed E-state index contributed by atoms with van der Waals surface area (Å²) >= 11 is 0. The minimum Gasteiger partial charge on any atom is -0.352 e. The van der Waals surface area contributed by atoms with Crippen molar-refractivity contribution in [2.45, 2.75) is 47.1 Å². The fourth-order valence-corrected chi connectivity index (χ4v) is 1.71. The van der Waals surface area contributed by atoms with E-state index in [1.54, 1.807) is 0 Å². The minimum absolute atomic E-state index is 0.0116. The van der Waals surface area contributed by atoms with Crippen LogP contribution < -0.4 is 16.4 Å². The molecule has 0 aliphatic carbocycles. The molecule has 0 saturated carbocycles. The zero-order chi connectivity index (χ0) is 14.3. The van der Waals surface area contributed by atoms with E-state index in [1.165, 1.54) is 0 Å². The molecule has 0 aromatic rings. The van der Waals surface area contributed by atoms with Crippen LogP contribution in [0.15, 0.2) is 0 Å². The van der Waals surface area contributed by atoms with Crippen LogP contribution in [0.2, 0.25) is 0 Å². The molecule has 4 N–H and O–H groups in total. The van der Waals surface area contributed by atoms with E-state index in [0.29, 0.717) is 13.0 Å². The zero-order valence-electron chi connectivity index (χ0n) is 12.2. The second-order valence-electron chi connectivity index (χ2n) is 6.14. The topological polar surface area (TPSA) is 84.2 Å². The highest BCUT2D eigenvalue weighted by molar-refractivity contribution is 5.86. The maximum absolute atomic E-state index is 11.9. The Bertz CT molecular complexity index is 282. The van der Waals surface area contributed by atoms with Gasteiger partial charge in [-0.25, -0.2) is 0 Å². The van der Waals surface area contributed by atoms with E-state index in [0.717, 1.165) is 0 Å². The largest absolute Gasteiger partial charge is 0.352 e. The molecule has 0 aliphatic rings. The molecule has 0 aliphatic heterocycles. The van der Waals surface area contributed by atoms with Crippen molar-refractivity contribution in [3.05, 3.63) is 0 Å². The molecule has 106 valence electrons. The van der Waals surface area contributed by atoms with Crippen molar-refractivity contribution in [2.24, 2.45) is 17.1 Å². The monoisotopic (exact) mass is 257 g/mol. The van der Waals surface area contributed by atoms with E-state index in [1.807, 2.05) is 13.8 Å². The summed E-state index contributed by atoms with van der Waals surface area (Å²) in [5, 5.41) is 5.35. The van der Waals surface area contributed by atoms with Crippen molar-refractivity contribution in [1.82, 2.24) is 10.6 Å². The van der Waals surface area contributed by atoms with Crippen molar-refractivity contribution in [2.75, 3.05) is 13.1 Å². The molecule has 0 aromatic carbocycles. The number of amides is 2. The van der Waals surface area contributed by atoms with Crippen LogP contribution in [-0.2, 0) is 9.59 Å². The van der Waals surface area contributed by atoms with Crippen LogP contribution in [0.5, 0.6) is 0 Å². The van der Waals surface area contributed by atoms with Gasteiger partial charge in [0.2, 0.25) is 11.8 Å². The lowest BCUT2D eigenvalue weighted by molar-refractivity contribution is -0.129. The van der Waals surface area contributed by atoms with Gasteiger partial charge in [0.15, 0.2) is 0 Å². The van der Waals surface area contributed by atoms with Crippen LogP contribution in [0.1, 0.15) is 41.0 Å². The van der Waals surface area contributed by atoms with E-state index < -0.39 is 0 Å². The second kappa shape index (κ2) is 7.36. The summed E-state index contributed by atoms with van der Waals surface area (Å²) in [6, 6.07) is 0.0780. The normalized spacial score (nSPS) is 13.3. The second-order valence-corrected chi connectivity index (χ2v) is 6.14.